The van der Waals surface area contributed by atoms with E-state index in [0.717, 1.165) is 0 Å². The molecule has 0 unspecified atom stereocenters. The topological polar surface area (TPSA) is 83.0 Å². The minimum atomic E-state index is -0.340. The third-order valence-corrected chi connectivity index (χ3v) is 5.26. The normalized spacial score (nSPS) is 11.2. The average molecular weight is 511 g/mol. The van der Waals surface area contributed by atoms with Gasteiger partial charge in [0.25, 0.3) is 0 Å². The number of hydrogen-bond donors (Lipinski definition) is 0. The van der Waals surface area contributed by atoms with Crippen molar-refractivity contribution in [1.29, 1.82) is 0 Å². The lowest BCUT2D eigenvalue weighted by molar-refractivity contribution is 0.0978. The second-order valence-corrected chi connectivity index (χ2v) is 8.10. The van der Waals surface area contributed by atoms with Gasteiger partial charge in [0.05, 0.1) is 6.20 Å². The molecule has 0 spiro atoms. The van der Waals surface area contributed by atoms with Gasteiger partial charge in [-0.25, -0.2) is 9.37 Å². The van der Waals surface area contributed by atoms with Gasteiger partial charge in [-0.15, -0.1) is 5.10 Å². The lowest BCUT2D eigenvalue weighted by Gasteiger charge is -2.05. The highest BCUT2D eigenvalue weighted by Crippen LogP contribution is 2.19. The van der Waals surface area contributed by atoms with E-state index in [0.29, 0.717) is 52.3 Å². The maximum absolute atomic E-state index is 13.9. The minimum Gasteiger partial charge on any atom is -0.487 e. The monoisotopic (exact) mass is 510 g/mol. The highest BCUT2D eigenvalue weighted by molar-refractivity contribution is 9.10. The molecule has 0 aliphatic carbocycles. The van der Waals surface area contributed by atoms with E-state index in [2.05, 4.69) is 31.2 Å². The number of Topliss-reactive ketones (excluding diaryl/α,β-unsaturated/α-hetero) is 1. The van der Waals surface area contributed by atoms with Gasteiger partial charge in [0, 0.05) is 40.8 Å². The van der Waals surface area contributed by atoms with E-state index >= 15 is 0 Å². The number of rotatable bonds is 10. The van der Waals surface area contributed by atoms with E-state index in [1.807, 2.05) is 0 Å². The zero-order valence-electron chi connectivity index (χ0n) is 17.5. The van der Waals surface area contributed by atoms with Crippen molar-refractivity contribution in [3.63, 3.8) is 0 Å². The van der Waals surface area contributed by atoms with Crippen LogP contribution in [0, 0.1) is 5.82 Å². The van der Waals surface area contributed by atoms with Gasteiger partial charge in [-0.2, -0.15) is 0 Å². The van der Waals surface area contributed by atoms with Gasteiger partial charge >= 0.3 is 0 Å². The summed E-state index contributed by atoms with van der Waals surface area (Å²) in [5.41, 5.74) is 1.66. The molecule has 0 aliphatic rings. The average Bonchev–Trinajstić information content (AvgIpc) is 3.50. The Bertz CT molecular complexity index is 1240. The molecule has 0 radical (unpaired) electrons. The summed E-state index contributed by atoms with van der Waals surface area (Å²) in [5.74, 6) is 0.693. The molecule has 168 valence electrons. The van der Waals surface area contributed by atoms with Crippen LogP contribution in [0.3, 0.4) is 0 Å². The van der Waals surface area contributed by atoms with Crippen molar-refractivity contribution in [2.45, 2.75) is 26.0 Å². The summed E-state index contributed by atoms with van der Waals surface area (Å²) in [7, 11) is 0. The van der Waals surface area contributed by atoms with E-state index in [1.54, 1.807) is 65.6 Å². The Hall–Kier alpha value is -3.59. The second-order valence-electron chi connectivity index (χ2n) is 7.18. The van der Waals surface area contributed by atoms with E-state index in [4.69, 9.17) is 9.15 Å². The van der Waals surface area contributed by atoms with Crippen LogP contribution in [0.15, 0.2) is 70.0 Å². The van der Waals surface area contributed by atoms with Gasteiger partial charge in [-0.05, 0) is 48.9 Å². The molecular weight excluding hydrogens is 491 g/mol. The summed E-state index contributed by atoms with van der Waals surface area (Å²) in [5, 5.41) is 7.62. The Balaban J connectivity index is 1.26. The van der Waals surface area contributed by atoms with Crippen LogP contribution in [0.2, 0.25) is 0 Å². The zero-order chi connectivity index (χ0) is 23.0. The van der Waals surface area contributed by atoms with Gasteiger partial charge in [-0.1, -0.05) is 27.2 Å². The van der Waals surface area contributed by atoms with Crippen molar-refractivity contribution in [2.75, 3.05) is 0 Å². The van der Waals surface area contributed by atoms with Gasteiger partial charge in [-0.3, -0.25) is 9.48 Å². The highest BCUT2D eigenvalue weighted by Gasteiger charge is 2.08. The lowest BCUT2D eigenvalue weighted by atomic mass is 10.1. The summed E-state index contributed by atoms with van der Waals surface area (Å²) >= 11 is 3.23. The maximum Gasteiger partial charge on any atom is 0.218 e. The third kappa shape index (κ3) is 6.45. The van der Waals surface area contributed by atoms with Crippen molar-refractivity contribution in [3.05, 3.63) is 94.1 Å². The molecule has 7 nitrogen and oxygen atoms in total. The van der Waals surface area contributed by atoms with Crippen LogP contribution in [0.1, 0.15) is 40.3 Å². The van der Waals surface area contributed by atoms with Crippen LogP contribution in [-0.2, 0) is 13.2 Å². The molecule has 2 heterocycles. The first-order valence-corrected chi connectivity index (χ1v) is 11.0. The molecule has 2 aromatic heterocycles. The van der Waals surface area contributed by atoms with Crippen molar-refractivity contribution < 1.29 is 18.3 Å². The molecule has 9 heteroatoms. The van der Waals surface area contributed by atoms with Crippen LogP contribution in [0.5, 0.6) is 5.75 Å². The van der Waals surface area contributed by atoms with Gasteiger partial charge < -0.3 is 9.15 Å². The van der Waals surface area contributed by atoms with Crippen molar-refractivity contribution in [3.8, 4) is 5.75 Å². The maximum atomic E-state index is 13.9. The molecule has 0 saturated carbocycles. The van der Waals surface area contributed by atoms with Gasteiger partial charge in [0.15, 0.2) is 5.78 Å². The van der Waals surface area contributed by atoms with E-state index in [9.17, 15) is 9.18 Å². The fraction of sp³-hybridized carbons (Fsp3) is 0.167. The predicted molar refractivity (Wildman–Crippen MR) is 124 cm³/mol. The molecule has 0 atom stereocenters. The van der Waals surface area contributed by atoms with Gasteiger partial charge in [0.2, 0.25) is 5.89 Å². The number of aryl methyl sites for hydroxylation is 1. The summed E-state index contributed by atoms with van der Waals surface area (Å²) in [4.78, 5) is 16.6. The first kappa shape index (κ1) is 22.6. The Morgan fingerprint density at radius 2 is 2.03 bits per heavy atom. The number of carbonyl (C=O) groups is 1. The summed E-state index contributed by atoms with van der Waals surface area (Å²) in [6, 6.07) is 11.8. The number of ether oxygens (including phenoxy) is 1. The number of hydrogen-bond acceptors (Lipinski definition) is 6. The molecule has 4 aromatic rings. The summed E-state index contributed by atoms with van der Waals surface area (Å²) in [6.45, 7) is 0.856. The standard InChI is InChI=1S/C24H20BrFN4O3/c25-19-7-3-17(22(26)14-19)6-10-24-28-20(16-33-24)15-32-21-8-4-18(5-9-21)23(31)2-1-12-30-13-11-27-29-30/h3-11,13-14,16H,1-2,12,15H2/b10-6+. The van der Waals surface area contributed by atoms with Crippen molar-refractivity contribution >= 4 is 33.9 Å². The molecular formula is C24H20BrFN4O3. The molecule has 0 amide bonds. The Labute approximate surface area is 198 Å². The quantitative estimate of drug-likeness (QED) is 0.259. The number of carbonyl (C=O) groups excluding carboxylic acids is 1. The lowest BCUT2D eigenvalue weighted by Crippen LogP contribution is -2.04. The highest BCUT2D eigenvalue weighted by atomic mass is 79.9. The number of benzene rings is 2. The smallest absolute Gasteiger partial charge is 0.218 e. The Morgan fingerprint density at radius 3 is 2.79 bits per heavy atom. The zero-order valence-corrected chi connectivity index (χ0v) is 19.1. The molecule has 0 fully saturated rings. The number of nitrogens with zero attached hydrogens (tertiary/aromatic N) is 4. The first-order valence-electron chi connectivity index (χ1n) is 10.2. The summed E-state index contributed by atoms with van der Waals surface area (Å²) < 4.78 is 27.4. The van der Waals surface area contributed by atoms with Crippen LogP contribution >= 0.6 is 15.9 Å². The predicted octanol–water partition coefficient (Wildman–Crippen LogP) is 5.58. The van der Waals surface area contributed by atoms with Crippen LogP contribution in [0.25, 0.3) is 12.2 Å². The molecule has 0 saturated heterocycles. The van der Waals surface area contributed by atoms with Crippen molar-refractivity contribution in [2.24, 2.45) is 0 Å². The van der Waals surface area contributed by atoms with E-state index in [-0.39, 0.29) is 18.2 Å². The molecule has 2 aromatic carbocycles. The fourth-order valence-corrected chi connectivity index (χ4v) is 3.39. The van der Waals surface area contributed by atoms with Gasteiger partial charge in [0.1, 0.15) is 30.1 Å². The van der Waals surface area contributed by atoms with Crippen LogP contribution in [0.4, 0.5) is 4.39 Å². The van der Waals surface area contributed by atoms with E-state index < -0.39 is 0 Å². The number of halogens is 2. The first-order chi connectivity index (χ1) is 16.1. The molecule has 0 bridgehead atoms. The molecule has 0 N–H and O–H groups in total. The molecule has 33 heavy (non-hydrogen) atoms. The number of oxazole rings is 1. The second kappa shape index (κ2) is 10.8. The SMILES string of the molecule is O=C(CCCn1ccnn1)c1ccc(OCc2coc(/C=C/c3ccc(Br)cc3F)n2)cc1. The third-order valence-electron chi connectivity index (χ3n) is 4.76. The molecule has 4 rings (SSSR count). The Morgan fingerprint density at radius 1 is 1.18 bits per heavy atom. The minimum absolute atomic E-state index is 0.0665. The largest absolute Gasteiger partial charge is 0.487 e. The van der Waals surface area contributed by atoms with Crippen LogP contribution < -0.4 is 4.74 Å². The molecule has 0 aliphatic heterocycles. The number of ketones is 1. The van der Waals surface area contributed by atoms with Crippen molar-refractivity contribution in [1.82, 2.24) is 20.0 Å². The number of aromatic nitrogens is 4. The van der Waals surface area contributed by atoms with E-state index in [1.165, 1.54) is 12.3 Å². The Kier molecular flexibility index (Phi) is 7.41. The fourth-order valence-electron chi connectivity index (χ4n) is 3.06. The summed E-state index contributed by atoms with van der Waals surface area (Å²) in [6.07, 6.45) is 9.19. The van der Waals surface area contributed by atoms with Crippen LogP contribution in [-0.4, -0.2) is 25.8 Å².